The molecule has 33 heavy (non-hydrogen) atoms. The number of fused-ring (bicyclic) bond motifs is 3. The Bertz CT molecular complexity index is 1330. The topological polar surface area (TPSA) is 91.0 Å². The van der Waals surface area contributed by atoms with Gasteiger partial charge in [-0.1, -0.05) is 36.4 Å². The summed E-state index contributed by atoms with van der Waals surface area (Å²) in [7, 11) is 1.64. The fourth-order valence-corrected chi connectivity index (χ4v) is 4.74. The first-order valence-electron chi connectivity index (χ1n) is 11.1. The maximum absolute atomic E-state index is 11.9. The van der Waals surface area contributed by atoms with Gasteiger partial charge in [-0.15, -0.1) is 0 Å². The highest BCUT2D eigenvalue weighted by Crippen LogP contribution is 2.33. The van der Waals surface area contributed by atoms with Crippen molar-refractivity contribution in [2.45, 2.75) is 32.0 Å². The molecule has 3 aromatic carbocycles. The van der Waals surface area contributed by atoms with Crippen LogP contribution in [0.3, 0.4) is 0 Å². The summed E-state index contributed by atoms with van der Waals surface area (Å²) in [4.78, 5) is 15.4. The lowest BCUT2D eigenvalue weighted by Crippen LogP contribution is -2.95. The number of aryl methyl sites for hydroxylation is 1. The van der Waals surface area contributed by atoms with Crippen LogP contribution < -0.4 is 19.9 Å². The summed E-state index contributed by atoms with van der Waals surface area (Å²) in [6.07, 6.45) is 0.428. The van der Waals surface area contributed by atoms with Crippen molar-refractivity contribution in [3.63, 3.8) is 0 Å². The van der Waals surface area contributed by atoms with Crippen molar-refractivity contribution in [1.82, 2.24) is 4.98 Å². The Morgan fingerprint density at radius 1 is 1.09 bits per heavy atom. The van der Waals surface area contributed by atoms with Crippen LogP contribution in [0.15, 0.2) is 66.7 Å². The number of nitrogens with two attached hydrogens (primary N) is 1. The molecule has 1 aromatic heterocycles. The molecule has 1 aliphatic rings. The van der Waals surface area contributed by atoms with E-state index in [-0.39, 0.29) is 6.04 Å². The number of carbonyl (C=O) groups excluding carboxylic acids is 1. The second-order valence-electron chi connectivity index (χ2n) is 8.49. The van der Waals surface area contributed by atoms with Crippen LogP contribution in [0.25, 0.3) is 10.9 Å². The van der Waals surface area contributed by atoms with Gasteiger partial charge in [-0.05, 0) is 48.4 Å². The van der Waals surface area contributed by atoms with E-state index in [0.29, 0.717) is 13.0 Å². The lowest BCUT2D eigenvalue weighted by atomic mass is 9.89. The van der Waals surface area contributed by atoms with Crippen molar-refractivity contribution in [1.29, 1.82) is 0 Å². The van der Waals surface area contributed by atoms with Crippen LogP contribution in [-0.2, 0) is 17.8 Å². The molecule has 6 nitrogen and oxygen atoms in total. The number of carboxylic acids is 1. The summed E-state index contributed by atoms with van der Waals surface area (Å²) in [5.74, 6) is 0.508. The number of aromatic amines is 1. The van der Waals surface area contributed by atoms with E-state index in [0.717, 1.165) is 50.3 Å². The number of H-pyrrole nitrogens is 1. The van der Waals surface area contributed by atoms with E-state index in [1.807, 2.05) is 79.0 Å². The average Bonchev–Trinajstić information content (AvgIpc) is 3.21. The number of hydrogen-bond donors (Lipinski definition) is 2. The molecule has 0 fully saturated rings. The minimum absolute atomic E-state index is 0.202. The summed E-state index contributed by atoms with van der Waals surface area (Å²) in [5.41, 5.74) is 6.03. The van der Waals surface area contributed by atoms with Gasteiger partial charge in [-0.2, -0.15) is 0 Å². The van der Waals surface area contributed by atoms with Gasteiger partial charge in [0, 0.05) is 28.5 Å². The number of carboxylic acid groups (broad SMARTS) is 1. The average molecular weight is 443 g/mol. The smallest absolute Gasteiger partial charge is 0.153 e. The number of carbonyl (C=O) groups is 1. The monoisotopic (exact) mass is 442 g/mol. The lowest BCUT2D eigenvalue weighted by molar-refractivity contribution is -0.717. The van der Waals surface area contributed by atoms with Crippen molar-refractivity contribution in [2.24, 2.45) is 0 Å². The number of methoxy groups -OCH3 is 1. The molecule has 0 saturated heterocycles. The molecule has 0 aliphatic carbocycles. The standard InChI is InChI=1S/C27H26N2O4/c1-16-7-3-6-10-23(16)33-15-18-13-17(11-12-24(18)32-2)25-26-20(14-22(29-25)27(30)31)19-8-4-5-9-21(19)28-26/h3-13,22,25,28-29H,14-15H2,1-2H3,(H,30,31)/t22-,25-/m1/s1. The van der Waals surface area contributed by atoms with Crippen LogP contribution in [0.5, 0.6) is 11.5 Å². The summed E-state index contributed by atoms with van der Waals surface area (Å²) in [6, 6.07) is 21.0. The van der Waals surface area contributed by atoms with Gasteiger partial charge >= 0.3 is 0 Å². The van der Waals surface area contributed by atoms with Crippen LogP contribution in [0.1, 0.15) is 34.0 Å². The Morgan fingerprint density at radius 3 is 2.67 bits per heavy atom. The van der Waals surface area contributed by atoms with Crippen molar-refractivity contribution in [3.05, 3.63) is 94.7 Å². The number of para-hydroxylation sites is 2. The van der Waals surface area contributed by atoms with Crippen LogP contribution in [0, 0.1) is 6.92 Å². The van der Waals surface area contributed by atoms with E-state index in [4.69, 9.17) is 9.47 Å². The highest BCUT2D eigenvalue weighted by Gasteiger charge is 2.35. The molecule has 5 rings (SSSR count). The molecule has 2 atom stereocenters. The summed E-state index contributed by atoms with van der Waals surface area (Å²) in [6.45, 7) is 2.36. The van der Waals surface area contributed by atoms with E-state index in [1.54, 1.807) is 7.11 Å². The quantitative estimate of drug-likeness (QED) is 0.480. The van der Waals surface area contributed by atoms with Gasteiger partial charge in [0.05, 0.1) is 18.8 Å². The van der Waals surface area contributed by atoms with Gasteiger partial charge in [0.25, 0.3) is 0 Å². The number of nitrogens with one attached hydrogen (secondary N) is 1. The van der Waals surface area contributed by atoms with E-state index >= 15 is 0 Å². The Labute approximate surface area is 192 Å². The Hall–Kier alpha value is -3.77. The molecule has 2 heterocycles. The van der Waals surface area contributed by atoms with Crippen LogP contribution in [0.4, 0.5) is 0 Å². The number of hydrogen-bond acceptors (Lipinski definition) is 4. The molecule has 168 valence electrons. The molecule has 6 heteroatoms. The van der Waals surface area contributed by atoms with E-state index in [9.17, 15) is 9.90 Å². The normalized spacial score (nSPS) is 17.5. The first-order chi connectivity index (χ1) is 16.0. The van der Waals surface area contributed by atoms with Gasteiger partial charge in [0.15, 0.2) is 6.04 Å². The molecule has 0 saturated carbocycles. The molecule has 0 unspecified atom stereocenters. The van der Waals surface area contributed by atoms with Crippen LogP contribution >= 0.6 is 0 Å². The number of aliphatic carboxylic acids is 1. The summed E-state index contributed by atoms with van der Waals surface area (Å²) < 4.78 is 11.7. The van der Waals surface area contributed by atoms with E-state index in [2.05, 4.69) is 4.98 Å². The first kappa shape index (κ1) is 21.1. The number of rotatable bonds is 6. The predicted octanol–water partition coefficient (Wildman–Crippen LogP) is 2.39. The third-order valence-corrected chi connectivity index (χ3v) is 6.45. The molecular formula is C27H26N2O4. The van der Waals surface area contributed by atoms with Gasteiger partial charge < -0.3 is 29.7 Å². The molecule has 0 radical (unpaired) electrons. The predicted molar refractivity (Wildman–Crippen MR) is 123 cm³/mol. The van der Waals surface area contributed by atoms with Gasteiger partial charge in [-0.3, -0.25) is 0 Å². The van der Waals surface area contributed by atoms with E-state index < -0.39 is 12.0 Å². The van der Waals surface area contributed by atoms with Gasteiger partial charge in [-0.25, -0.2) is 0 Å². The Kier molecular flexibility index (Phi) is 5.52. The Morgan fingerprint density at radius 2 is 1.88 bits per heavy atom. The van der Waals surface area contributed by atoms with Crippen molar-refractivity contribution in [3.8, 4) is 11.5 Å². The molecule has 0 bridgehead atoms. The third kappa shape index (κ3) is 3.94. The van der Waals surface area contributed by atoms with Crippen LogP contribution in [0.2, 0.25) is 0 Å². The molecule has 0 spiro atoms. The minimum atomic E-state index is -1.05. The SMILES string of the molecule is COc1ccc([C@H]2[NH2+][C@@H](C(=O)[O-])Cc3c2[nH]c2ccccc32)cc1COc1ccccc1C. The summed E-state index contributed by atoms with van der Waals surface area (Å²) >= 11 is 0. The van der Waals surface area contributed by atoms with Crippen molar-refractivity contribution < 1.29 is 24.7 Å². The maximum Gasteiger partial charge on any atom is 0.153 e. The number of ether oxygens (including phenoxy) is 2. The third-order valence-electron chi connectivity index (χ3n) is 6.45. The van der Waals surface area contributed by atoms with E-state index in [1.165, 1.54) is 0 Å². The first-order valence-corrected chi connectivity index (χ1v) is 11.1. The largest absolute Gasteiger partial charge is 0.544 e. The number of aromatic nitrogens is 1. The van der Waals surface area contributed by atoms with Gasteiger partial charge in [0.2, 0.25) is 0 Å². The fraction of sp³-hybridized carbons (Fsp3) is 0.222. The van der Waals surface area contributed by atoms with Crippen molar-refractivity contribution in [2.75, 3.05) is 7.11 Å². The van der Waals surface area contributed by atoms with Gasteiger partial charge in [0.1, 0.15) is 24.1 Å². The summed E-state index contributed by atoms with van der Waals surface area (Å²) in [5, 5.41) is 14.8. The molecule has 1 aliphatic heterocycles. The second kappa shape index (κ2) is 8.64. The fourth-order valence-electron chi connectivity index (χ4n) is 4.74. The molecule has 3 N–H and O–H groups in total. The highest BCUT2D eigenvalue weighted by molar-refractivity contribution is 5.86. The minimum Gasteiger partial charge on any atom is -0.544 e. The zero-order valence-corrected chi connectivity index (χ0v) is 18.6. The Balaban J connectivity index is 1.54. The molecule has 4 aromatic rings. The zero-order valence-electron chi connectivity index (χ0n) is 18.6. The highest BCUT2D eigenvalue weighted by atomic mass is 16.5. The van der Waals surface area contributed by atoms with Crippen molar-refractivity contribution >= 4 is 16.9 Å². The number of quaternary nitrogens is 1. The lowest BCUT2D eigenvalue weighted by Gasteiger charge is -2.29. The number of benzene rings is 3. The molecular weight excluding hydrogens is 416 g/mol. The second-order valence-corrected chi connectivity index (χ2v) is 8.49. The van der Waals surface area contributed by atoms with Crippen LogP contribution in [-0.4, -0.2) is 24.1 Å². The zero-order chi connectivity index (χ0) is 22.9. The molecule has 0 amide bonds. The maximum atomic E-state index is 11.9.